The van der Waals surface area contributed by atoms with Crippen LogP contribution in [0.2, 0.25) is 0 Å². The summed E-state index contributed by atoms with van der Waals surface area (Å²) in [6, 6.07) is 66.3. The second-order valence-electron chi connectivity index (χ2n) is 14.2. The van der Waals surface area contributed by atoms with Crippen molar-refractivity contribution in [3.63, 3.8) is 0 Å². The van der Waals surface area contributed by atoms with E-state index in [1.54, 1.807) is 0 Å². The molecule has 0 aliphatic rings. The Morgan fingerprint density at radius 2 is 0.939 bits per heavy atom. The summed E-state index contributed by atoms with van der Waals surface area (Å²) in [6.07, 6.45) is 4.18. The Morgan fingerprint density at radius 3 is 1.45 bits per heavy atom. The molecule has 0 fully saturated rings. The number of allylic oxidation sites excluding steroid dienone is 4. The average Bonchev–Trinajstić information content (AvgIpc) is 3.29. The van der Waals surface area contributed by atoms with Gasteiger partial charge in [0.25, 0.3) is 0 Å². The minimum atomic E-state index is -0.125. The Labute approximate surface area is 427 Å². The van der Waals surface area contributed by atoms with Crippen LogP contribution in [-0.2, 0) is 69.9 Å². The van der Waals surface area contributed by atoms with Gasteiger partial charge in [0.15, 0.2) is 11.6 Å². The van der Waals surface area contributed by atoms with E-state index in [1.165, 1.54) is 67.0 Å². The molecule has 9 rings (SSSR count). The number of carbonyl (C=O) groups excluding carboxylic acids is 2. The number of para-hydroxylation sites is 1. The third-order valence-electron chi connectivity index (χ3n) is 8.98. The number of rotatable bonds is 5. The number of carbonyl (C=O) groups is 2. The molecule has 0 spiro atoms. The summed E-state index contributed by atoms with van der Waals surface area (Å²) >= 11 is 0. The first kappa shape index (κ1) is 56.0. The molecule has 9 aromatic rings. The van der Waals surface area contributed by atoms with Crippen LogP contribution in [0.1, 0.15) is 33.3 Å². The molecule has 3 radical (unpaired) electrons. The summed E-state index contributed by atoms with van der Waals surface area (Å²) < 4.78 is 0. The molecule has 0 bridgehead atoms. The summed E-state index contributed by atoms with van der Waals surface area (Å²) in [4.78, 5) is 33.8. The number of pyridine rings is 3. The predicted octanol–water partition coefficient (Wildman–Crippen LogP) is 13.5. The first-order valence-corrected chi connectivity index (χ1v) is 20.2. The normalized spacial score (nSPS) is 10.3. The molecule has 2 N–H and O–H groups in total. The van der Waals surface area contributed by atoms with Crippen molar-refractivity contribution >= 4 is 44.1 Å². The van der Waals surface area contributed by atoms with Crippen LogP contribution < -0.4 is 0 Å². The van der Waals surface area contributed by atoms with Crippen LogP contribution in [0, 0.1) is 25.1 Å². The molecule has 7 nitrogen and oxygen atoms in total. The number of aliphatic hydroxyl groups is 2. The van der Waals surface area contributed by atoms with E-state index in [2.05, 4.69) is 88.6 Å². The van der Waals surface area contributed by atoms with Gasteiger partial charge in [-0.25, -0.2) is 0 Å². The van der Waals surface area contributed by atoms with Crippen LogP contribution in [0.5, 0.6) is 0 Å². The third kappa shape index (κ3) is 18.1. The Bertz CT molecular complexity index is 2920. The third-order valence-corrected chi connectivity index (χ3v) is 8.98. The van der Waals surface area contributed by atoms with Crippen LogP contribution >= 0.6 is 0 Å². The van der Waals surface area contributed by atoms with Gasteiger partial charge in [-0.1, -0.05) is 78.9 Å². The number of hydrogen-bond donors (Lipinski definition) is 2. The quantitative estimate of drug-likeness (QED) is 0.100. The fraction of sp³-hybridized carbons (Fsp3) is 0.0893. The van der Waals surface area contributed by atoms with Crippen LogP contribution in [0.15, 0.2) is 200 Å². The molecule has 0 aliphatic carbocycles. The van der Waals surface area contributed by atoms with Crippen molar-refractivity contribution < 1.29 is 80.1 Å². The van der Waals surface area contributed by atoms with Crippen LogP contribution in [0.25, 0.3) is 66.4 Å². The molecule has 0 unspecified atom stereocenters. The van der Waals surface area contributed by atoms with Crippen molar-refractivity contribution in [2.75, 3.05) is 0 Å². The molecule has 66 heavy (non-hydrogen) atoms. The maximum Gasteiger partial charge on any atom is 0.155 e. The Morgan fingerprint density at radius 1 is 0.470 bits per heavy atom. The number of benzene rings is 6. The molecule has 341 valence electrons. The fourth-order valence-corrected chi connectivity index (χ4v) is 6.24. The smallest absolute Gasteiger partial charge is 0.155 e. The topological polar surface area (TPSA) is 113 Å². The Balaban J connectivity index is 0.000000293. The summed E-state index contributed by atoms with van der Waals surface area (Å²) in [5.41, 5.74) is 9.39. The molecule has 0 saturated carbocycles. The second kappa shape index (κ2) is 29.5. The van der Waals surface area contributed by atoms with Gasteiger partial charge in [0.05, 0.1) is 22.6 Å². The van der Waals surface area contributed by atoms with E-state index in [-0.39, 0.29) is 83.4 Å². The first-order chi connectivity index (χ1) is 30.5. The van der Waals surface area contributed by atoms with Crippen molar-refractivity contribution in [2.24, 2.45) is 0 Å². The summed E-state index contributed by atoms with van der Waals surface area (Å²) in [6.45, 7) is 7.81. The van der Waals surface area contributed by atoms with Crippen molar-refractivity contribution in [1.82, 2.24) is 15.0 Å². The van der Waals surface area contributed by atoms with Crippen molar-refractivity contribution in [2.45, 2.75) is 34.6 Å². The zero-order chi connectivity index (χ0) is 45.0. The Kier molecular flexibility index (Phi) is 25.0. The maximum atomic E-state index is 10.0. The maximum absolute atomic E-state index is 10.0. The van der Waals surface area contributed by atoms with E-state index in [1.807, 2.05) is 128 Å². The van der Waals surface area contributed by atoms with Gasteiger partial charge in [-0.15, -0.1) is 108 Å². The zero-order valence-corrected chi connectivity index (χ0v) is 44.1. The van der Waals surface area contributed by atoms with Gasteiger partial charge in [-0.3, -0.25) is 19.6 Å². The van der Waals surface area contributed by atoms with Crippen molar-refractivity contribution in [1.29, 1.82) is 0 Å². The number of aliphatic hydroxyl groups excluding tert-OH is 2. The van der Waals surface area contributed by atoms with E-state index in [0.717, 1.165) is 44.8 Å². The van der Waals surface area contributed by atoms with Gasteiger partial charge in [0, 0.05) is 84.1 Å². The summed E-state index contributed by atoms with van der Waals surface area (Å²) in [7, 11) is 0. The molecule has 0 atom stereocenters. The van der Waals surface area contributed by atoms with E-state index in [4.69, 9.17) is 10.2 Å². The van der Waals surface area contributed by atoms with Gasteiger partial charge in [-0.05, 0) is 91.6 Å². The van der Waals surface area contributed by atoms with Gasteiger partial charge in [0.2, 0.25) is 0 Å². The number of aryl methyl sites for hydroxylation is 1. The molecule has 3 heterocycles. The molecule has 0 aliphatic heterocycles. The SMILES string of the molecule is CC(=O)C=C(C)O.CC(=O)C=C(C)O.Cc1cccc2nc(-c3[c-]cccc3)ccc12.[Ir].[Ir].[Ir].[c-]1ccccc1-c1ccc2ccccc2n1.[c-]1ccccc1-c1nccc2ccccc12. The summed E-state index contributed by atoms with van der Waals surface area (Å²) in [5.74, 6) is -0.125. The molecular weight excluding hydrogens is 1360 g/mol. The molecule has 10 heteroatoms. The van der Waals surface area contributed by atoms with Crippen LogP contribution in [0.3, 0.4) is 0 Å². The number of fused-ring (bicyclic) bond motifs is 3. The second-order valence-corrected chi connectivity index (χ2v) is 14.2. The van der Waals surface area contributed by atoms with Gasteiger partial charge < -0.3 is 15.2 Å². The summed E-state index contributed by atoms with van der Waals surface area (Å²) in [5, 5.41) is 21.5. The largest absolute Gasteiger partial charge is 0.512 e. The molecule has 6 aromatic carbocycles. The fourth-order valence-electron chi connectivity index (χ4n) is 6.24. The number of nitrogens with zero attached hydrogens (tertiary/aromatic N) is 3. The molecule has 3 aromatic heterocycles. The molecule has 0 amide bonds. The zero-order valence-electron chi connectivity index (χ0n) is 37.0. The number of aromatic nitrogens is 3. The minimum Gasteiger partial charge on any atom is -0.512 e. The predicted molar refractivity (Wildman–Crippen MR) is 257 cm³/mol. The van der Waals surface area contributed by atoms with Crippen molar-refractivity contribution in [3.8, 4) is 33.8 Å². The first-order valence-electron chi connectivity index (χ1n) is 20.2. The van der Waals surface area contributed by atoms with Crippen LogP contribution in [0.4, 0.5) is 0 Å². The monoisotopic (exact) mass is 1410 g/mol. The van der Waals surface area contributed by atoms with Gasteiger partial charge in [0.1, 0.15) is 0 Å². The average molecular weight is 1400 g/mol. The van der Waals surface area contributed by atoms with Crippen molar-refractivity contribution in [3.05, 3.63) is 223 Å². The standard InChI is InChI=1S/C16H12N.2C15H10N.2C5H8O2.3Ir/c1-12-6-5-9-16-14(12)10-11-15(17-16)13-7-3-2-4-8-13;1-2-7-13(8-3-1)15-14-9-5-4-6-12(14)10-11-16-15;1-2-6-12(7-3-1)15-11-10-13-8-4-5-9-14(13)16-15;2*1-4(6)3-5(2)7;;;/h2-7,9-11H,1H3;1-7,9-11H;1-6,8-11H;2*3,6H,1-2H3;;;/q3*-1;;;;;. The van der Waals surface area contributed by atoms with E-state index < -0.39 is 0 Å². The number of ketones is 2. The van der Waals surface area contributed by atoms with E-state index in [0.29, 0.717) is 0 Å². The van der Waals surface area contributed by atoms with Crippen LogP contribution in [-0.4, -0.2) is 36.7 Å². The van der Waals surface area contributed by atoms with Gasteiger partial charge in [-0.2, -0.15) is 0 Å². The number of hydrogen-bond acceptors (Lipinski definition) is 7. The van der Waals surface area contributed by atoms with Gasteiger partial charge >= 0.3 is 0 Å². The minimum absolute atomic E-state index is 0. The van der Waals surface area contributed by atoms with E-state index in [9.17, 15) is 9.59 Å². The Hall–Kier alpha value is -6.08. The van der Waals surface area contributed by atoms with E-state index >= 15 is 0 Å². The molecular formula is C56H48Ir3N3O4-3. The molecule has 0 saturated heterocycles.